The molecule has 1 aromatic heterocycles. The fourth-order valence-electron chi connectivity index (χ4n) is 1.61. The van der Waals surface area contributed by atoms with Crippen molar-refractivity contribution >= 4 is 21.9 Å². The van der Waals surface area contributed by atoms with E-state index in [0.717, 1.165) is 11.1 Å². The number of pyridine rings is 1. The fourth-order valence-corrected chi connectivity index (χ4v) is 2.50. The van der Waals surface area contributed by atoms with E-state index in [9.17, 15) is 4.79 Å². The first-order valence-corrected chi connectivity index (χ1v) is 5.26. The Hall–Kier alpha value is -0.940. The molecule has 0 saturated heterocycles. The van der Waals surface area contributed by atoms with Crippen LogP contribution in [-0.4, -0.2) is 16.1 Å². The minimum absolute atomic E-state index is 0.127. The van der Waals surface area contributed by atoms with Gasteiger partial charge >= 0.3 is 5.97 Å². The zero-order chi connectivity index (χ0) is 11.6. The SMILES string of the molecule is Cc1ccnc(Br)c1[C@@](C)(N)CC(=O)O. The highest BCUT2D eigenvalue weighted by molar-refractivity contribution is 9.10. The quantitative estimate of drug-likeness (QED) is 0.823. The first-order valence-electron chi connectivity index (χ1n) is 4.47. The van der Waals surface area contributed by atoms with Crippen molar-refractivity contribution in [2.75, 3.05) is 0 Å². The number of aromatic nitrogens is 1. The molecule has 0 saturated carbocycles. The molecule has 0 fully saturated rings. The zero-order valence-corrected chi connectivity index (χ0v) is 10.2. The number of nitrogens with two attached hydrogens (primary N) is 1. The number of carbonyl (C=O) groups is 1. The molecule has 0 bridgehead atoms. The normalized spacial score (nSPS) is 14.7. The second-order valence-electron chi connectivity index (χ2n) is 3.78. The van der Waals surface area contributed by atoms with Crippen LogP contribution >= 0.6 is 15.9 Å². The van der Waals surface area contributed by atoms with Crippen LogP contribution in [0, 0.1) is 6.92 Å². The third-order valence-corrected chi connectivity index (χ3v) is 2.80. The molecule has 0 radical (unpaired) electrons. The number of rotatable bonds is 3. The Morgan fingerprint density at radius 3 is 2.80 bits per heavy atom. The lowest BCUT2D eigenvalue weighted by Gasteiger charge is -2.25. The number of aliphatic carboxylic acids is 1. The molecular weight excluding hydrogens is 260 g/mol. The van der Waals surface area contributed by atoms with Crippen molar-refractivity contribution < 1.29 is 9.90 Å². The Kier molecular flexibility index (Phi) is 3.46. The minimum atomic E-state index is -0.921. The van der Waals surface area contributed by atoms with Crippen molar-refractivity contribution in [1.82, 2.24) is 4.98 Å². The maximum atomic E-state index is 10.7. The molecule has 0 amide bonds. The summed E-state index contributed by atoms with van der Waals surface area (Å²) in [5.74, 6) is -0.921. The van der Waals surface area contributed by atoms with E-state index in [1.54, 1.807) is 13.1 Å². The molecule has 1 aromatic rings. The van der Waals surface area contributed by atoms with E-state index >= 15 is 0 Å². The van der Waals surface area contributed by atoms with Crippen molar-refractivity contribution in [3.05, 3.63) is 28.0 Å². The van der Waals surface area contributed by atoms with Gasteiger partial charge < -0.3 is 10.8 Å². The van der Waals surface area contributed by atoms with E-state index in [4.69, 9.17) is 10.8 Å². The van der Waals surface area contributed by atoms with Crippen LogP contribution in [-0.2, 0) is 10.3 Å². The van der Waals surface area contributed by atoms with Crippen molar-refractivity contribution in [3.8, 4) is 0 Å². The van der Waals surface area contributed by atoms with E-state index in [0.29, 0.717) is 4.60 Å². The molecule has 82 valence electrons. The fraction of sp³-hybridized carbons (Fsp3) is 0.400. The topological polar surface area (TPSA) is 76.2 Å². The molecule has 1 atom stereocenters. The highest BCUT2D eigenvalue weighted by atomic mass is 79.9. The summed E-state index contributed by atoms with van der Waals surface area (Å²) in [6.45, 7) is 3.57. The Bertz CT molecular complexity index is 371. The largest absolute Gasteiger partial charge is 0.481 e. The Morgan fingerprint density at radius 1 is 1.73 bits per heavy atom. The second kappa shape index (κ2) is 4.28. The van der Waals surface area contributed by atoms with Gasteiger partial charge in [-0.3, -0.25) is 4.79 Å². The van der Waals surface area contributed by atoms with Gasteiger partial charge in [-0.2, -0.15) is 0 Å². The number of carboxylic acids is 1. The number of hydrogen-bond donors (Lipinski definition) is 2. The van der Waals surface area contributed by atoms with Crippen LogP contribution in [0.1, 0.15) is 24.5 Å². The van der Waals surface area contributed by atoms with Crippen LogP contribution in [0.15, 0.2) is 16.9 Å². The third-order valence-electron chi connectivity index (χ3n) is 2.20. The van der Waals surface area contributed by atoms with Crippen molar-refractivity contribution in [3.63, 3.8) is 0 Å². The second-order valence-corrected chi connectivity index (χ2v) is 4.53. The van der Waals surface area contributed by atoms with Crippen LogP contribution in [0.2, 0.25) is 0 Å². The van der Waals surface area contributed by atoms with Crippen LogP contribution in [0.5, 0.6) is 0 Å². The van der Waals surface area contributed by atoms with E-state index in [1.165, 1.54) is 0 Å². The average Bonchev–Trinajstić information content (AvgIpc) is 1.99. The van der Waals surface area contributed by atoms with Gasteiger partial charge in [-0.05, 0) is 41.4 Å². The highest BCUT2D eigenvalue weighted by Crippen LogP contribution is 2.30. The molecule has 0 unspecified atom stereocenters. The maximum Gasteiger partial charge on any atom is 0.305 e. The summed E-state index contributed by atoms with van der Waals surface area (Å²) in [5.41, 5.74) is 6.75. The first-order chi connectivity index (χ1) is 6.84. The van der Waals surface area contributed by atoms with Crippen LogP contribution in [0.25, 0.3) is 0 Å². The molecule has 4 nitrogen and oxygen atoms in total. The predicted molar refractivity (Wildman–Crippen MR) is 60.5 cm³/mol. The number of nitrogens with zero attached hydrogens (tertiary/aromatic N) is 1. The summed E-state index contributed by atoms with van der Waals surface area (Å²) in [7, 11) is 0. The standard InChI is InChI=1S/C10H13BrN2O2/c1-6-3-4-13-9(11)8(6)10(2,12)5-7(14)15/h3-4H,5,12H2,1-2H3,(H,14,15)/t10-/m0/s1. The van der Waals surface area contributed by atoms with Crippen molar-refractivity contribution in [2.24, 2.45) is 5.73 Å². The molecule has 0 aliphatic carbocycles. The summed E-state index contributed by atoms with van der Waals surface area (Å²) in [4.78, 5) is 14.8. The summed E-state index contributed by atoms with van der Waals surface area (Å²) in [6, 6.07) is 1.81. The Balaban J connectivity index is 3.19. The van der Waals surface area contributed by atoms with Gasteiger partial charge in [0.25, 0.3) is 0 Å². The molecule has 1 heterocycles. The van der Waals surface area contributed by atoms with E-state index in [-0.39, 0.29) is 6.42 Å². The van der Waals surface area contributed by atoms with E-state index in [1.807, 2.05) is 13.0 Å². The Morgan fingerprint density at radius 2 is 2.33 bits per heavy atom. The van der Waals surface area contributed by atoms with Gasteiger partial charge in [-0.25, -0.2) is 4.98 Å². The number of carboxylic acid groups (broad SMARTS) is 1. The molecule has 3 N–H and O–H groups in total. The maximum absolute atomic E-state index is 10.7. The third kappa shape index (κ3) is 2.76. The molecule has 0 aliphatic heterocycles. The molecular formula is C10H13BrN2O2. The van der Waals surface area contributed by atoms with Crippen molar-refractivity contribution in [1.29, 1.82) is 0 Å². The lowest BCUT2D eigenvalue weighted by atomic mass is 9.88. The lowest BCUT2D eigenvalue weighted by molar-refractivity contribution is -0.138. The van der Waals surface area contributed by atoms with E-state index < -0.39 is 11.5 Å². The average molecular weight is 273 g/mol. The van der Waals surface area contributed by atoms with Crippen LogP contribution < -0.4 is 5.73 Å². The molecule has 0 spiro atoms. The lowest BCUT2D eigenvalue weighted by Crippen LogP contribution is -2.36. The van der Waals surface area contributed by atoms with Crippen LogP contribution in [0.4, 0.5) is 0 Å². The summed E-state index contributed by atoms with van der Waals surface area (Å²) in [6.07, 6.45) is 1.53. The highest BCUT2D eigenvalue weighted by Gasteiger charge is 2.28. The monoisotopic (exact) mass is 272 g/mol. The van der Waals surface area contributed by atoms with E-state index in [2.05, 4.69) is 20.9 Å². The first kappa shape index (κ1) is 12.1. The zero-order valence-electron chi connectivity index (χ0n) is 8.62. The minimum Gasteiger partial charge on any atom is -0.481 e. The van der Waals surface area contributed by atoms with Crippen molar-refractivity contribution in [2.45, 2.75) is 25.8 Å². The summed E-state index contributed by atoms with van der Waals surface area (Å²) >= 11 is 3.29. The number of aryl methyl sites for hydroxylation is 1. The molecule has 0 aliphatic rings. The van der Waals surface area contributed by atoms with Gasteiger partial charge in [-0.1, -0.05) is 0 Å². The molecule has 5 heteroatoms. The van der Waals surface area contributed by atoms with Gasteiger partial charge in [0.1, 0.15) is 4.60 Å². The van der Waals surface area contributed by atoms with Gasteiger partial charge in [0.05, 0.1) is 12.0 Å². The summed E-state index contributed by atoms with van der Waals surface area (Å²) < 4.78 is 0.605. The molecule has 15 heavy (non-hydrogen) atoms. The number of halogens is 1. The van der Waals surface area contributed by atoms with Gasteiger partial charge in [0.15, 0.2) is 0 Å². The van der Waals surface area contributed by atoms with Gasteiger partial charge in [0, 0.05) is 11.8 Å². The van der Waals surface area contributed by atoms with Gasteiger partial charge in [0.2, 0.25) is 0 Å². The smallest absolute Gasteiger partial charge is 0.305 e. The molecule has 0 aromatic carbocycles. The predicted octanol–water partition coefficient (Wildman–Crippen LogP) is 1.80. The Labute approximate surface area is 96.6 Å². The summed E-state index contributed by atoms with van der Waals surface area (Å²) in [5, 5.41) is 8.78. The van der Waals surface area contributed by atoms with Gasteiger partial charge in [-0.15, -0.1) is 0 Å². The number of hydrogen-bond acceptors (Lipinski definition) is 3. The van der Waals surface area contributed by atoms with Crippen LogP contribution in [0.3, 0.4) is 0 Å². The molecule has 1 rings (SSSR count).